The van der Waals surface area contributed by atoms with Gasteiger partial charge in [0.25, 0.3) is 0 Å². The molecule has 13 heavy (non-hydrogen) atoms. The third-order valence-electron chi connectivity index (χ3n) is 1.30. The number of benzene rings is 1. The number of rotatable bonds is 2. The molecule has 0 unspecified atom stereocenters. The van der Waals surface area contributed by atoms with Gasteiger partial charge >= 0.3 is 6.09 Å². The van der Waals surface area contributed by atoms with E-state index in [1.54, 1.807) is 19.1 Å². The fourth-order valence-electron chi connectivity index (χ4n) is 0.807. The molecule has 0 bridgehead atoms. The van der Waals surface area contributed by atoms with E-state index in [4.69, 9.17) is 4.74 Å². The third kappa shape index (κ3) is 4.93. The van der Waals surface area contributed by atoms with Gasteiger partial charge in [-0.15, -0.1) is 0 Å². The molecular weight excluding hydrogens is 177 g/mol. The number of hydrogen-bond donors (Lipinski definition) is 1. The number of hydrogen-bond acceptors (Lipinski definition) is 2. The third-order valence-corrected chi connectivity index (χ3v) is 1.30. The fourth-order valence-corrected chi connectivity index (χ4v) is 0.807. The standard InChI is InChI=1S/C9H11NO2.Na/c1-2-12-9(11)10-8-6-4-3-5-7-8;/h3-7H,2H2,1H3,(H,10,11);. The molecular formula is C9H11NNaO2. The molecule has 0 aliphatic rings. The number of anilines is 1. The molecule has 1 N–H and O–H groups in total. The number of carbonyl (C=O) groups excluding carboxylic acids is 1. The minimum atomic E-state index is -0.413. The molecule has 1 aromatic carbocycles. The topological polar surface area (TPSA) is 38.3 Å². The van der Waals surface area contributed by atoms with Crippen molar-refractivity contribution in [1.82, 2.24) is 0 Å². The Morgan fingerprint density at radius 1 is 1.38 bits per heavy atom. The van der Waals surface area contributed by atoms with Crippen molar-refractivity contribution in [3.05, 3.63) is 30.3 Å². The van der Waals surface area contributed by atoms with E-state index in [-0.39, 0.29) is 29.6 Å². The zero-order valence-corrected chi connectivity index (χ0v) is 9.91. The predicted molar refractivity (Wildman–Crippen MR) is 52.8 cm³/mol. The minimum Gasteiger partial charge on any atom is -0.450 e. The van der Waals surface area contributed by atoms with E-state index < -0.39 is 6.09 Å². The Hall–Kier alpha value is -0.510. The van der Waals surface area contributed by atoms with Crippen LogP contribution in [0.2, 0.25) is 0 Å². The van der Waals surface area contributed by atoms with Gasteiger partial charge in [-0.05, 0) is 19.1 Å². The van der Waals surface area contributed by atoms with Crippen molar-refractivity contribution in [3.63, 3.8) is 0 Å². The van der Waals surface area contributed by atoms with Crippen molar-refractivity contribution < 1.29 is 9.53 Å². The summed E-state index contributed by atoms with van der Waals surface area (Å²) in [5, 5.41) is 2.58. The summed E-state index contributed by atoms with van der Waals surface area (Å²) in [6.45, 7) is 2.16. The van der Waals surface area contributed by atoms with Crippen LogP contribution in [0.25, 0.3) is 0 Å². The van der Waals surface area contributed by atoms with Crippen LogP contribution in [0.5, 0.6) is 0 Å². The Kier molecular flexibility index (Phi) is 6.68. The van der Waals surface area contributed by atoms with Gasteiger partial charge in [0.2, 0.25) is 0 Å². The maximum atomic E-state index is 10.9. The molecule has 3 nitrogen and oxygen atoms in total. The summed E-state index contributed by atoms with van der Waals surface area (Å²) in [6, 6.07) is 9.19. The number of nitrogens with one attached hydrogen (secondary N) is 1. The maximum Gasteiger partial charge on any atom is 0.411 e. The molecule has 1 rings (SSSR count). The van der Waals surface area contributed by atoms with Crippen LogP contribution in [0, 0.1) is 0 Å². The van der Waals surface area contributed by atoms with Gasteiger partial charge in [-0.3, -0.25) is 5.32 Å². The molecule has 1 aromatic rings. The summed E-state index contributed by atoms with van der Waals surface area (Å²) < 4.78 is 4.70. The molecule has 65 valence electrons. The molecule has 0 aliphatic heterocycles. The van der Waals surface area contributed by atoms with Crippen molar-refractivity contribution in [2.45, 2.75) is 6.92 Å². The average molecular weight is 188 g/mol. The van der Waals surface area contributed by atoms with Crippen molar-refractivity contribution >= 4 is 41.3 Å². The normalized spacial score (nSPS) is 8.38. The maximum absolute atomic E-state index is 10.9. The van der Waals surface area contributed by atoms with Gasteiger partial charge in [0.1, 0.15) is 0 Å². The zero-order chi connectivity index (χ0) is 8.81. The van der Waals surface area contributed by atoms with Crippen LogP contribution in [0.3, 0.4) is 0 Å². The van der Waals surface area contributed by atoms with Crippen LogP contribution < -0.4 is 5.32 Å². The number of ether oxygens (including phenoxy) is 1. The summed E-state index contributed by atoms with van der Waals surface area (Å²) in [5.74, 6) is 0. The Labute approximate surface area is 99.8 Å². The average Bonchev–Trinajstić information content (AvgIpc) is 2.06. The molecule has 1 amide bonds. The SMILES string of the molecule is CCOC(=O)Nc1ccccc1.[Na]. The molecule has 0 aliphatic carbocycles. The Bertz CT molecular complexity index is 251. The molecule has 0 saturated carbocycles. The second kappa shape index (κ2) is 6.95. The van der Waals surface area contributed by atoms with Crippen LogP contribution in [0.4, 0.5) is 10.5 Å². The summed E-state index contributed by atoms with van der Waals surface area (Å²) >= 11 is 0. The molecule has 0 aromatic heterocycles. The minimum absolute atomic E-state index is 0. The van der Waals surface area contributed by atoms with E-state index in [0.29, 0.717) is 6.61 Å². The number of amides is 1. The fraction of sp³-hybridized carbons (Fsp3) is 0.222. The first-order valence-corrected chi connectivity index (χ1v) is 3.81. The monoisotopic (exact) mass is 188 g/mol. The smallest absolute Gasteiger partial charge is 0.411 e. The summed E-state index contributed by atoms with van der Waals surface area (Å²) in [5.41, 5.74) is 0.746. The summed E-state index contributed by atoms with van der Waals surface area (Å²) in [4.78, 5) is 10.9. The van der Waals surface area contributed by atoms with E-state index in [1.165, 1.54) is 0 Å². The second-order valence-corrected chi connectivity index (χ2v) is 2.21. The van der Waals surface area contributed by atoms with Crippen molar-refractivity contribution in [2.24, 2.45) is 0 Å². The van der Waals surface area contributed by atoms with Gasteiger partial charge in [0.15, 0.2) is 0 Å². The first-order chi connectivity index (χ1) is 5.83. The van der Waals surface area contributed by atoms with Crippen molar-refractivity contribution in [2.75, 3.05) is 11.9 Å². The second-order valence-electron chi connectivity index (χ2n) is 2.21. The predicted octanol–water partition coefficient (Wildman–Crippen LogP) is 1.87. The summed E-state index contributed by atoms with van der Waals surface area (Å²) in [6.07, 6.45) is -0.413. The van der Waals surface area contributed by atoms with Crippen LogP contribution >= 0.6 is 0 Å². The van der Waals surface area contributed by atoms with E-state index in [1.807, 2.05) is 18.2 Å². The van der Waals surface area contributed by atoms with Crippen LogP contribution in [-0.2, 0) is 4.74 Å². The number of para-hydroxylation sites is 1. The van der Waals surface area contributed by atoms with E-state index in [2.05, 4.69) is 5.32 Å². The molecule has 0 saturated heterocycles. The van der Waals surface area contributed by atoms with Gasteiger partial charge in [-0.1, -0.05) is 18.2 Å². The van der Waals surface area contributed by atoms with Crippen LogP contribution in [0.15, 0.2) is 30.3 Å². The first kappa shape index (κ1) is 12.5. The Morgan fingerprint density at radius 2 is 2.00 bits per heavy atom. The van der Waals surface area contributed by atoms with Gasteiger partial charge in [-0.2, -0.15) is 0 Å². The van der Waals surface area contributed by atoms with E-state index in [0.717, 1.165) is 5.69 Å². The van der Waals surface area contributed by atoms with Gasteiger partial charge in [-0.25, -0.2) is 4.79 Å². The van der Waals surface area contributed by atoms with E-state index >= 15 is 0 Å². The Balaban J connectivity index is 0.00000144. The van der Waals surface area contributed by atoms with Gasteiger partial charge in [0.05, 0.1) is 6.61 Å². The Morgan fingerprint density at radius 3 is 2.54 bits per heavy atom. The molecule has 1 radical (unpaired) electrons. The molecule has 4 heteroatoms. The number of carbonyl (C=O) groups is 1. The molecule has 0 fully saturated rings. The van der Waals surface area contributed by atoms with E-state index in [9.17, 15) is 4.79 Å². The summed E-state index contributed by atoms with van der Waals surface area (Å²) in [7, 11) is 0. The first-order valence-electron chi connectivity index (χ1n) is 3.81. The molecule has 0 heterocycles. The molecule has 0 atom stereocenters. The van der Waals surface area contributed by atoms with Crippen molar-refractivity contribution in [3.8, 4) is 0 Å². The largest absolute Gasteiger partial charge is 0.450 e. The quantitative estimate of drug-likeness (QED) is 0.719. The van der Waals surface area contributed by atoms with Gasteiger partial charge < -0.3 is 4.74 Å². The zero-order valence-electron chi connectivity index (χ0n) is 7.91. The van der Waals surface area contributed by atoms with Crippen LogP contribution in [-0.4, -0.2) is 42.3 Å². The van der Waals surface area contributed by atoms with Crippen molar-refractivity contribution in [1.29, 1.82) is 0 Å². The van der Waals surface area contributed by atoms with Gasteiger partial charge in [0, 0.05) is 35.2 Å². The molecule has 0 spiro atoms. The van der Waals surface area contributed by atoms with Crippen LogP contribution in [0.1, 0.15) is 6.92 Å².